The molecular formula is C26H29ClN2O4. The maximum absolute atomic E-state index is 13.3. The van der Waals surface area contributed by atoms with Gasteiger partial charge in [-0.3, -0.25) is 0 Å². The number of nitrogens with zero attached hydrogens (tertiary/aromatic N) is 1. The number of carbonyl (C=O) groups is 2. The van der Waals surface area contributed by atoms with Crippen molar-refractivity contribution in [1.29, 1.82) is 5.26 Å². The predicted molar refractivity (Wildman–Crippen MR) is 124 cm³/mol. The number of hydrogen-bond donors (Lipinski definition) is 1. The minimum absolute atomic E-state index is 0.0167. The smallest absolute Gasteiger partial charge is 0.336 e. The minimum Gasteiger partial charge on any atom is -0.462 e. The lowest BCUT2D eigenvalue weighted by molar-refractivity contribution is -0.141. The fraction of sp³-hybridized carbons (Fsp3) is 0.500. The molecule has 1 heterocycles. The van der Waals surface area contributed by atoms with Crippen molar-refractivity contribution in [1.82, 2.24) is 5.32 Å². The first-order valence-corrected chi connectivity index (χ1v) is 11.7. The molecule has 3 aliphatic rings. The summed E-state index contributed by atoms with van der Waals surface area (Å²) in [4.78, 5) is 26.7. The van der Waals surface area contributed by atoms with Gasteiger partial charge in [0.1, 0.15) is 6.07 Å². The normalized spacial score (nSPS) is 20.6. The molecule has 33 heavy (non-hydrogen) atoms. The van der Waals surface area contributed by atoms with Crippen molar-refractivity contribution in [2.45, 2.75) is 59.3 Å². The molecule has 0 unspecified atom stereocenters. The predicted octanol–water partition coefficient (Wildman–Crippen LogP) is 5.13. The fourth-order valence-electron chi connectivity index (χ4n) is 4.10. The zero-order valence-electron chi connectivity index (χ0n) is 19.5. The SMILES string of the molecule is CC1=C(C(=O)OCC2(C)CC2)C(c2cccc(Cl)c2C#N)C(C(=O)OCC2(C)CC2)=C(C)N1. The number of hydrogen-bond acceptors (Lipinski definition) is 6. The van der Waals surface area contributed by atoms with Crippen LogP contribution in [-0.2, 0) is 19.1 Å². The van der Waals surface area contributed by atoms with E-state index in [1.165, 1.54) is 0 Å². The molecule has 0 spiro atoms. The second-order valence-electron chi connectivity index (χ2n) is 10.2. The highest BCUT2D eigenvalue weighted by molar-refractivity contribution is 6.31. The minimum atomic E-state index is -0.821. The summed E-state index contributed by atoms with van der Waals surface area (Å²) in [5, 5.41) is 13.3. The first-order valence-electron chi connectivity index (χ1n) is 11.3. The molecule has 0 amide bonds. The third kappa shape index (κ3) is 4.79. The van der Waals surface area contributed by atoms with Gasteiger partial charge in [0.2, 0.25) is 0 Å². The van der Waals surface area contributed by atoms with E-state index in [4.69, 9.17) is 21.1 Å². The Bertz CT molecular complexity index is 1060. The van der Waals surface area contributed by atoms with E-state index < -0.39 is 17.9 Å². The van der Waals surface area contributed by atoms with E-state index >= 15 is 0 Å². The van der Waals surface area contributed by atoms with Gasteiger partial charge in [-0.1, -0.05) is 37.6 Å². The number of halogens is 1. The molecule has 0 atom stereocenters. The van der Waals surface area contributed by atoms with Crippen LogP contribution in [0.25, 0.3) is 0 Å². The van der Waals surface area contributed by atoms with Crippen molar-refractivity contribution in [3.05, 3.63) is 56.9 Å². The molecule has 0 bridgehead atoms. The lowest BCUT2D eigenvalue weighted by Gasteiger charge is -2.31. The van der Waals surface area contributed by atoms with Crippen LogP contribution in [0.4, 0.5) is 0 Å². The van der Waals surface area contributed by atoms with Gasteiger partial charge in [-0.05, 0) is 51.2 Å². The number of allylic oxidation sites excluding steroid dienone is 2. The van der Waals surface area contributed by atoms with Crippen LogP contribution < -0.4 is 5.32 Å². The lowest BCUT2D eigenvalue weighted by atomic mass is 9.78. The third-order valence-corrected chi connectivity index (χ3v) is 7.29. The van der Waals surface area contributed by atoms with Gasteiger partial charge >= 0.3 is 11.9 Å². The summed E-state index contributed by atoms with van der Waals surface area (Å²) >= 11 is 6.33. The molecule has 1 N–H and O–H groups in total. The molecule has 174 valence electrons. The molecule has 1 aromatic rings. The van der Waals surface area contributed by atoms with Gasteiger partial charge in [-0.25, -0.2) is 9.59 Å². The fourth-order valence-corrected chi connectivity index (χ4v) is 4.32. The first-order chi connectivity index (χ1) is 15.6. The van der Waals surface area contributed by atoms with Crippen molar-refractivity contribution >= 4 is 23.5 Å². The van der Waals surface area contributed by atoms with Crippen molar-refractivity contribution in [3.63, 3.8) is 0 Å². The van der Waals surface area contributed by atoms with E-state index in [1.54, 1.807) is 32.0 Å². The topological polar surface area (TPSA) is 88.4 Å². The molecule has 1 aromatic carbocycles. The number of dihydropyridines is 1. The molecule has 6 nitrogen and oxygen atoms in total. The Morgan fingerprint density at radius 2 is 1.52 bits per heavy atom. The van der Waals surface area contributed by atoms with Crippen LogP contribution >= 0.6 is 11.6 Å². The number of nitrogens with one attached hydrogen (secondary N) is 1. The molecule has 2 saturated carbocycles. The summed E-state index contributed by atoms with van der Waals surface area (Å²) in [5.74, 6) is -1.83. The van der Waals surface area contributed by atoms with Crippen LogP contribution in [0.3, 0.4) is 0 Å². The van der Waals surface area contributed by atoms with Crippen LogP contribution in [0.1, 0.15) is 70.4 Å². The van der Waals surface area contributed by atoms with Crippen molar-refractivity contribution in [2.75, 3.05) is 13.2 Å². The summed E-state index contributed by atoms with van der Waals surface area (Å²) in [5.41, 5.74) is 2.51. The van der Waals surface area contributed by atoms with Gasteiger partial charge in [0.05, 0.1) is 40.9 Å². The molecule has 7 heteroatoms. The molecule has 1 aliphatic heterocycles. The molecular weight excluding hydrogens is 440 g/mol. The Morgan fingerprint density at radius 1 is 1.03 bits per heavy atom. The monoisotopic (exact) mass is 468 g/mol. The number of nitriles is 1. The van der Waals surface area contributed by atoms with Crippen LogP contribution in [0.15, 0.2) is 40.7 Å². The van der Waals surface area contributed by atoms with E-state index in [-0.39, 0.29) is 21.4 Å². The van der Waals surface area contributed by atoms with Gasteiger partial charge < -0.3 is 14.8 Å². The maximum Gasteiger partial charge on any atom is 0.336 e. The summed E-state index contributed by atoms with van der Waals surface area (Å²) in [6.07, 6.45) is 4.06. The van der Waals surface area contributed by atoms with Gasteiger partial charge in [0, 0.05) is 22.2 Å². The van der Waals surface area contributed by atoms with Crippen LogP contribution in [0, 0.1) is 22.2 Å². The number of carbonyl (C=O) groups excluding carboxylic acids is 2. The summed E-state index contributed by atoms with van der Waals surface area (Å²) in [6.45, 7) is 8.34. The quantitative estimate of drug-likeness (QED) is 0.558. The van der Waals surface area contributed by atoms with Crippen molar-refractivity contribution in [3.8, 4) is 6.07 Å². The Labute approximate surface area is 199 Å². The molecule has 2 fully saturated rings. The number of ether oxygens (including phenoxy) is 2. The van der Waals surface area contributed by atoms with E-state index in [0.29, 0.717) is 41.3 Å². The number of rotatable bonds is 7. The van der Waals surface area contributed by atoms with Crippen LogP contribution in [0.5, 0.6) is 0 Å². The highest BCUT2D eigenvalue weighted by Gasteiger charge is 2.44. The highest BCUT2D eigenvalue weighted by Crippen LogP contribution is 2.47. The lowest BCUT2D eigenvalue weighted by Crippen LogP contribution is -2.33. The van der Waals surface area contributed by atoms with Gasteiger partial charge in [0.25, 0.3) is 0 Å². The van der Waals surface area contributed by atoms with E-state index in [1.807, 2.05) is 0 Å². The first kappa shape index (κ1) is 23.4. The molecule has 2 aliphatic carbocycles. The van der Waals surface area contributed by atoms with Gasteiger partial charge in [0.15, 0.2) is 0 Å². The Kier molecular flexibility index (Phi) is 6.05. The Balaban J connectivity index is 1.75. The van der Waals surface area contributed by atoms with Gasteiger partial charge in [-0.15, -0.1) is 0 Å². The second kappa shape index (κ2) is 8.53. The number of benzene rings is 1. The molecule has 0 radical (unpaired) electrons. The standard InChI is InChI=1S/C26H29ClN2O4/c1-15-20(23(30)32-13-25(3)8-9-25)22(17-6-5-7-19(27)18(17)12-28)21(16(2)29-15)24(31)33-14-26(4)10-11-26/h5-7,22,29H,8-11,13-14H2,1-4H3. The average Bonchev–Trinajstić information content (AvgIpc) is 3.69. The van der Waals surface area contributed by atoms with E-state index in [9.17, 15) is 14.9 Å². The van der Waals surface area contributed by atoms with Gasteiger partial charge in [-0.2, -0.15) is 5.26 Å². The molecule has 4 rings (SSSR count). The van der Waals surface area contributed by atoms with Crippen LogP contribution in [-0.4, -0.2) is 25.2 Å². The zero-order valence-corrected chi connectivity index (χ0v) is 20.3. The van der Waals surface area contributed by atoms with Crippen molar-refractivity contribution in [2.24, 2.45) is 10.8 Å². The third-order valence-electron chi connectivity index (χ3n) is 6.98. The number of esters is 2. The Morgan fingerprint density at radius 3 is 1.94 bits per heavy atom. The molecule has 0 aromatic heterocycles. The average molecular weight is 469 g/mol. The highest BCUT2D eigenvalue weighted by atomic mass is 35.5. The molecule has 0 saturated heterocycles. The summed E-state index contributed by atoms with van der Waals surface area (Å²) in [7, 11) is 0. The Hall–Kier alpha value is -2.78. The van der Waals surface area contributed by atoms with Crippen molar-refractivity contribution < 1.29 is 19.1 Å². The largest absolute Gasteiger partial charge is 0.462 e. The van der Waals surface area contributed by atoms with E-state index in [0.717, 1.165) is 25.7 Å². The van der Waals surface area contributed by atoms with E-state index in [2.05, 4.69) is 25.2 Å². The summed E-state index contributed by atoms with van der Waals surface area (Å²) in [6, 6.07) is 7.21. The second-order valence-corrected chi connectivity index (χ2v) is 10.6. The maximum atomic E-state index is 13.3. The summed E-state index contributed by atoms with van der Waals surface area (Å²) < 4.78 is 11.4. The zero-order chi connectivity index (χ0) is 24.0. The van der Waals surface area contributed by atoms with Crippen LogP contribution in [0.2, 0.25) is 5.02 Å².